The maximum absolute atomic E-state index is 12.9. The third-order valence-electron chi connectivity index (χ3n) is 6.71. The van der Waals surface area contributed by atoms with Gasteiger partial charge in [0, 0.05) is 36.8 Å². The minimum atomic E-state index is -0.195. The molecule has 0 aliphatic carbocycles. The number of piperidine rings is 1. The number of methoxy groups -OCH3 is 1. The second-order valence-electron chi connectivity index (χ2n) is 9.23. The average Bonchev–Trinajstić information content (AvgIpc) is 2.98. The molecule has 3 heterocycles. The highest BCUT2D eigenvalue weighted by molar-refractivity contribution is 5.79. The third kappa shape index (κ3) is 5.88. The zero-order valence-corrected chi connectivity index (χ0v) is 21.3. The standard InChI is InChI=1S/C29H30N6O3/c1-38-24-11-9-22(10-12-24)25-13-15-27(32-31-25)34-18-5-8-23(20-34)29(37)30-17-19-35-28(36)16-14-26(33-35)21-6-3-2-4-7-21/h2-4,6-7,9-16,23H,5,8,17-20H2,1H3,(H,30,37). The second kappa shape index (κ2) is 11.7. The van der Waals surface area contributed by atoms with Crippen molar-refractivity contribution in [1.29, 1.82) is 0 Å². The van der Waals surface area contributed by atoms with E-state index in [9.17, 15) is 9.59 Å². The van der Waals surface area contributed by atoms with Gasteiger partial charge in [0.2, 0.25) is 5.91 Å². The Hall–Kier alpha value is -4.53. The Bertz CT molecular complexity index is 1420. The minimum Gasteiger partial charge on any atom is -0.497 e. The molecular weight excluding hydrogens is 480 g/mol. The van der Waals surface area contributed by atoms with Gasteiger partial charge in [0.15, 0.2) is 5.82 Å². The Morgan fingerprint density at radius 3 is 2.45 bits per heavy atom. The molecule has 0 spiro atoms. The van der Waals surface area contributed by atoms with Gasteiger partial charge in [-0.25, -0.2) is 4.68 Å². The van der Waals surface area contributed by atoms with E-state index in [1.807, 2.05) is 66.7 Å². The molecule has 1 aliphatic rings. The Morgan fingerprint density at radius 2 is 1.71 bits per heavy atom. The smallest absolute Gasteiger partial charge is 0.266 e. The molecule has 38 heavy (non-hydrogen) atoms. The highest BCUT2D eigenvalue weighted by atomic mass is 16.5. The molecule has 1 unspecified atom stereocenters. The zero-order chi connectivity index (χ0) is 26.3. The largest absolute Gasteiger partial charge is 0.497 e. The molecule has 194 valence electrons. The number of carbonyl (C=O) groups excluding carboxylic acids is 1. The van der Waals surface area contributed by atoms with Crippen LogP contribution in [-0.4, -0.2) is 52.6 Å². The summed E-state index contributed by atoms with van der Waals surface area (Å²) >= 11 is 0. The van der Waals surface area contributed by atoms with E-state index in [1.54, 1.807) is 13.2 Å². The van der Waals surface area contributed by atoms with Crippen molar-refractivity contribution in [1.82, 2.24) is 25.3 Å². The number of carbonyl (C=O) groups is 1. The molecule has 1 atom stereocenters. The van der Waals surface area contributed by atoms with Crippen LogP contribution in [0.3, 0.4) is 0 Å². The number of ether oxygens (including phenoxy) is 1. The summed E-state index contributed by atoms with van der Waals surface area (Å²) in [6.07, 6.45) is 1.70. The fraction of sp³-hybridized carbons (Fsp3) is 0.276. The van der Waals surface area contributed by atoms with Gasteiger partial charge in [0.05, 0.1) is 31.0 Å². The average molecular weight is 511 g/mol. The van der Waals surface area contributed by atoms with E-state index in [0.717, 1.165) is 53.5 Å². The maximum Gasteiger partial charge on any atom is 0.266 e. The molecule has 9 heteroatoms. The van der Waals surface area contributed by atoms with E-state index < -0.39 is 0 Å². The Kier molecular flexibility index (Phi) is 7.73. The molecule has 5 rings (SSSR count). The molecule has 0 saturated carbocycles. The fourth-order valence-corrected chi connectivity index (χ4v) is 4.61. The Labute approximate surface area is 221 Å². The highest BCUT2D eigenvalue weighted by Crippen LogP contribution is 2.24. The van der Waals surface area contributed by atoms with Gasteiger partial charge in [-0.2, -0.15) is 5.10 Å². The lowest BCUT2D eigenvalue weighted by molar-refractivity contribution is -0.125. The first-order valence-corrected chi connectivity index (χ1v) is 12.7. The number of hydrogen-bond acceptors (Lipinski definition) is 7. The molecule has 2 aromatic heterocycles. The summed E-state index contributed by atoms with van der Waals surface area (Å²) in [4.78, 5) is 27.3. The van der Waals surface area contributed by atoms with Gasteiger partial charge in [-0.3, -0.25) is 9.59 Å². The van der Waals surface area contributed by atoms with Crippen molar-refractivity contribution in [3.63, 3.8) is 0 Å². The van der Waals surface area contributed by atoms with Gasteiger partial charge < -0.3 is 15.0 Å². The van der Waals surface area contributed by atoms with Crippen LogP contribution in [0.2, 0.25) is 0 Å². The van der Waals surface area contributed by atoms with Crippen LogP contribution in [0.5, 0.6) is 5.75 Å². The highest BCUT2D eigenvalue weighted by Gasteiger charge is 2.26. The van der Waals surface area contributed by atoms with Crippen LogP contribution in [-0.2, 0) is 11.3 Å². The van der Waals surface area contributed by atoms with Crippen molar-refractivity contribution in [2.45, 2.75) is 19.4 Å². The van der Waals surface area contributed by atoms with Crippen LogP contribution in [0.25, 0.3) is 22.5 Å². The van der Waals surface area contributed by atoms with E-state index in [2.05, 4.69) is 25.5 Å². The minimum absolute atomic E-state index is 0.0234. The maximum atomic E-state index is 12.9. The van der Waals surface area contributed by atoms with Crippen LogP contribution < -0.4 is 20.5 Å². The fourth-order valence-electron chi connectivity index (χ4n) is 4.61. The number of amides is 1. The van der Waals surface area contributed by atoms with Gasteiger partial charge in [-0.05, 0) is 55.3 Å². The normalized spacial score (nSPS) is 15.2. The van der Waals surface area contributed by atoms with Crippen LogP contribution in [0.4, 0.5) is 5.82 Å². The first-order chi connectivity index (χ1) is 18.6. The van der Waals surface area contributed by atoms with Crippen LogP contribution in [0.1, 0.15) is 12.8 Å². The number of nitrogens with zero attached hydrogens (tertiary/aromatic N) is 5. The molecule has 9 nitrogen and oxygen atoms in total. The molecule has 0 radical (unpaired) electrons. The van der Waals surface area contributed by atoms with E-state index in [1.165, 1.54) is 10.7 Å². The monoisotopic (exact) mass is 510 g/mol. The summed E-state index contributed by atoms with van der Waals surface area (Å²) in [5.41, 5.74) is 3.21. The van der Waals surface area contributed by atoms with Crippen molar-refractivity contribution < 1.29 is 9.53 Å². The van der Waals surface area contributed by atoms with Gasteiger partial charge >= 0.3 is 0 Å². The summed E-state index contributed by atoms with van der Waals surface area (Å²) < 4.78 is 6.61. The summed E-state index contributed by atoms with van der Waals surface area (Å²) in [5.74, 6) is 1.37. The molecule has 1 amide bonds. The molecular formula is C29H30N6O3. The lowest BCUT2D eigenvalue weighted by Gasteiger charge is -2.32. The van der Waals surface area contributed by atoms with E-state index >= 15 is 0 Å². The lowest BCUT2D eigenvalue weighted by atomic mass is 9.97. The van der Waals surface area contributed by atoms with Crippen molar-refractivity contribution in [3.8, 4) is 28.3 Å². The Morgan fingerprint density at radius 1 is 0.947 bits per heavy atom. The summed E-state index contributed by atoms with van der Waals surface area (Å²) in [5, 5.41) is 16.3. The quantitative estimate of drug-likeness (QED) is 0.388. The number of rotatable bonds is 8. The molecule has 4 aromatic rings. The molecule has 1 saturated heterocycles. The van der Waals surface area contributed by atoms with E-state index in [4.69, 9.17) is 4.74 Å². The van der Waals surface area contributed by atoms with Crippen LogP contribution in [0, 0.1) is 5.92 Å². The molecule has 1 N–H and O–H groups in total. The number of benzene rings is 2. The Balaban J connectivity index is 1.16. The second-order valence-corrected chi connectivity index (χ2v) is 9.23. The number of anilines is 1. The predicted molar refractivity (Wildman–Crippen MR) is 146 cm³/mol. The summed E-state index contributed by atoms with van der Waals surface area (Å²) in [6, 6.07) is 24.5. The SMILES string of the molecule is COc1ccc(-c2ccc(N3CCCC(C(=O)NCCn4nc(-c5ccccc5)ccc4=O)C3)nn2)cc1. The van der Waals surface area contributed by atoms with Crippen molar-refractivity contribution in [3.05, 3.63) is 89.2 Å². The predicted octanol–water partition coefficient (Wildman–Crippen LogP) is 3.41. The van der Waals surface area contributed by atoms with Crippen LogP contribution in [0.15, 0.2) is 83.7 Å². The zero-order valence-electron chi connectivity index (χ0n) is 21.3. The van der Waals surface area contributed by atoms with Gasteiger partial charge in [-0.1, -0.05) is 30.3 Å². The first-order valence-electron chi connectivity index (χ1n) is 12.7. The van der Waals surface area contributed by atoms with Gasteiger partial charge in [-0.15, -0.1) is 10.2 Å². The molecule has 2 aromatic carbocycles. The topological polar surface area (TPSA) is 102 Å². The third-order valence-corrected chi connectivity index (χ3v) is 6.71. The van der Waals surface area contributed by atoms with Crippen molar-refractivity contribution in [2.75, 3.05) is 31.6 Å². The lowest BCUT2D eigenvalue weighted by Crippen LogP contribution is -2.44. The van der Waals surface area contributed by atoms with E-state index in [-0.39, 0.29) is 17.4 Å². The van der Waals surface area contributed by atoms with Gasteiger partial charge in [0.1, 0.15) is 5.75 Å². The van der Waals surface area contributed by atoms with Crippen molar-refractivity contribution in [2.24, 2.45) is 5.92 Å². The van der Waals surface area contributed by atoms with E-state index in [0.29, 0.717) is 19.6 Å². The summed E-state index contributed by atoms with van der Waals surface area (Å²) in [7, 11) is 1.64. The van der Waals surface area contributed by atoms with Crippen LogP contribution >= 0.6 is 0 Å². The molecule has 0 bridgehead atoms. The van der Waals surface area contributed by atoms with Crippen molar-refractivity contribution >= 4 is 11.7 Å². The number of aromatic nitrogens is 4. The molecule has 1 aliphatic heterocycles. The first kappa shape index (κ1) is 25.1. The summed E-state index contributed by atoms with van der Waals surface area (Å²) in [6.45, 7) is 2.03. The molecule has 1 fully saturated rings. The number of hydrogen-bond donors (Lipinski definition) is 1. The van der Waals surface area contributed by atoms with Gasteiger partial charge in [0.25, 0.3) is 5.56 Å². The number of nitrogens with one attached hydrogen (secondary N) is 1.